The molecule has 0 spiro atoms. The van der Waals surface area contributed by atoms with Crippen LogP contribution in [0.3, 0.4) is 0 Å². The first-order chi connectivity index (χ1) is 22.2. The van der Waals surface area contributed by atoms with Crippen molar-refractivity contribution in [3.8, 4) is 5.75 Å². The number of ether oxygens (including phenoxy) is 1. The summed E-state index contributed by atoms with van der Waals surface area (Å²) >= 11 is 0. The Bertz CT molecular complexity index is 1460. The van der Waals surface area contributed by atoms with Gasteiger partial charge in [-0.25, -0.2) is 0 Å². The van der Waals surface area contributed by atoms with Gasteiger partial charge in [-0.05, 0) is 68.9 Å². The highest BCUT2D eigenvalue weighted by atomic mass is 31.2. The van der Waals surface area contributed by atoms with Crippen molar-refractivity contribution >= 4 is 38.6 Å². The lowest BCUT2D eigenvalue weighted by Crippen LogP contribution is -2.49. The third kappa shape index (κ3) is 10.5. The maximum Gasteiger partial charge on any atom is 0.350 e. The maximum atomic E-state index is 13.9. The lowest BCUT2D eigenvalue weighted by atomic mass is 9.90. The fraction of sp³-hybridized carbons (Fsp3) is 0.531. The van der Waals surface area contributed by atoms with Crippen molar-refractivity contribution in [1.29, 1.82) is 0 Å². The first kappa shape index (κ1) is 38.4. The number of hydrogen-bond acceptors (Lipinski definition) is 8. The molecule has 1 aliphatic carbocycles. The second kappa shape index (κ2) is 17.4. The van der Waals surface area contributed by atoms with Gasteiger partial charge in [-0.1, -0.05) is 43.5 Å². The molecule has 5 N–H and O–H groups in total. The second-order valence-electron chi connectivity index (χ2n) is 11.5. The number of benzene rings is 2. The predicted molar refractivity (Wildman–Crippen MR) is 178 cm³/mol. The number of nitrogens with two attached hydrogens (primary N) is 1. The van der Waals surface area contributed by atoms with Gasteiger partial charge in [0.2, 0.25) is 11.8 Å². The zero-order chi connectivity index (χ0) is 34.8. The SMILES string of the molecule is CCOP(=O)(OCC)C(c1ccc(CC(NC(C)=O)C(=O)N(CC)c2ccc(OCC3CCCCC3)c(C(N)=O)c2)cc1)P(=O)(O)O. The van der Waals surface area contributed by atoms with Crippen LogP contribution < -0.4 is 20.7 Å². The van der Waals surface area contributed by atoms with Crippen molar-refractivity contribution in [3.05, 3.63) is 59.2 Å². The Morgan fingerprint density at radius 3 is 2.11 bits per heavy atom. The van der Waals surface area contributed by atoms with Gasteiger partial charge in [0.1, 0.15) is 11.8 Å². The normalized spacial score (nSPS) is 15.4. The number of nitrogens with one attached hydrogen (secondary N) is 1. The van der Waals surface area contributed by atoms with Gasteiger partial charge in [-0.2, -0.15) is 0 Å². The quantitative estimate of drug-likeness (QED) is 0.158. The third-order valence-corrected chi connectivity index (χ3v) is 12.8. The average Bonchev–Trinajstić information content (AvgIpc) is 3.01. The van der Waals surface area contributed by atoms with E-state index in [1.54, 1.807) is 32.9 Å². The Balaban J connectivity index is 1.87. The van der Waals surface area contributed by atoms with Crippen LogP contribution in [0.2, 0.25) is 0 Å². The number of likely N-dealkylation sites (N-methyl/N-ethyl adjacent to an activating group) is 1. The summed E-state index contributed by atoms with van der Waals surface area (Å²) in [6.45, 7) is 6.64. The fourth-order valence-corrected chi connectivity index (χ4v) is 9.87. The number of carbonyl (C=O) groups excluding carboxylic acids is 3. The van der Waals surface area contributed by atoms with Crippen molar-refractivity contribution in [1.82, 2.24) is 5.32 Å². The largest absolute Gasteiger partial charge is 0.492 e. The summed E-state index contributed by atoms with van der Waals surface area (Å²) in [5.74, 6) is -0.841. The molecule has 0 saturated heterocycles. The highest BCUT2D eigenvalue weighted by Gasteiger charge is 2.48. The van der Waals surface area contributed by atoms with E-state index in [0.29, 0.717) is 29.5 Å². The van der Waals surface area contributed by atoms with Crippen LogP contribution in [0.5, 0.6) is 5.75 Å². The topological polar surface area (TPSA) is 195 Å². The Kier molecular flexibility index (Phi) is 14.2. The van der Waals surface area contributed by atoms with Gasteiger partial charge in [0.25, 0.3) is 5.91 Å². The summed E-state index contributed by atoms with van der Waals surface area (Å²) in [5, 5.41) is 0.836. The lowest BCUT2D eigenvalue weighted by molar-refractivity contribution is -0.126. The van der Waals surface area contributed by atoms with Crippen LogP contribution in [0, 0.1) is 5.92 Å². The molecule has 2 aromatic rings. The van der Waals surface area contributed by atoms with Crippen LogP contribution in [0.25, 0.3) is 0 Å². The Morgan fingerprint density at radius 1 is 0.979 bits per heavy atom. The minimum atomic E-state index is -5.01. The number of anilines is 1. The zero-order valence-corrected chi connectivity index (χ0v) is 29.2. The van der Waals surface area contributed by atoms with Crippen LogP contribution in [0.1, 0.15) is 86.7 Å². The van der Waals surface area contributed by atoms with Gasteiger partial charge < -0.3 is 39.5 Å². The highest BCUT2D eigenvalue weighted by molar-refractivity contribution is 7.71. The van der Waals surface area contributed by atoms with E-state index in [-0.39, 0.29) is 37.3 Å². The van der Waals surface area contributed by atoms with Gasteiger partial charge in [0.05, 0.1) is 25.4 Å². The summed E-state index contributed by atoms with van der Waals surface area (Å²) in [6, 6.07) is 9.61. The second-order valence-corrected chi connectivity index (χ2v) is 15.7. The molecule has 2 unspecified atom stereocenters. The number of nitrogens with zero attached hydrogens (tertiary/aromatic N) is 1. The monoisotopic (exact) mass is 695 g/mol. The predicted octanol–water partition coefficient (Wildman–Crippen LogP) is 5.29. The van der Waals surface area contributed by atoms with Gasteiger partial charge >= 0.3 is 15.2 Å². The smallest absolute Gasteiger partial charge is 0.350 e. The van der Waals surface area contributed by atoms with E-state index in [0.717, 1.165) is 25.7 Å². The van der Waals surface area contributed by atoms with Crippen molar-refractivity contribution < 1.29 is 47.1 Å². The van der Waals surface area contributed by atoms with Gasteiger partial charge in [-0.3, -0.25) is 23.5 Å². The number of primary amides is 1. The van der Waals surface area contributed by atoms with E-state index in [1.165, 1.54) is 48.6 Å². The number of carbonyl (C=O) groups is 3. The molecule has 47 heavy (non-hydrogen) atoms. The fourth-order valence-electron chi connectivity index (χ4n) is 5.83. The molecule has 3 rings (SSSR count). The molecule has 0 aromatic heterocycles. The minimum absolute atomic E-state index is 0.0234. The summed E-state index contributed by atoms with van der Waals surface area (Å²) < 4.78 is 42.4. The lowest BCUT2D eigenvalue weighted by Gasteiger charge is -2.28. The van der Waals surface area contributed by atoms with E-state index in [2.05, 4.69) is 5.32 Å². The molecular weight excluding hydrogens is 648 g/mol. The molecule has 0 radical (unpaired) electrons. The van der Waals surface area contributed by atoms with Gasteiger partial charge in [-0.15, -0.1) is 0 Å². The molecule has 1 aliphatic rings. The summed E-state index contributed by atoms with van der Waals surface area (Å²) in [5.41, 5.74) is 6.83. The molecule has 2 aromatic carbocycles. The van der Waals surface area contributed by atoms with Crippen molar-refractivity contribution in [2.24, 2.45) is 11.7 Å². The molecule has 0 heterocycles. The first-order valence-corrected chi connectivity index (χ1v) is 19.2. The van der Waals surface area contributed by atoms with Crippen LogP contribution in [0.4, 0.5) is 5.69 Å². The van der Waals surface area contributed by atoms with Gasteiger partial charge in [0.15, 0.2) is 5.40 Å². The minimum Gasteiger partial charge on any atom is -0.492 e. The summed E-state index contributed by atoms with van der Waals surface area (Å²) in [7, 11) is -9.26. The van der Waals surface area contributed by atoms with Crippen molar-refractivity contribution in [2.45, 2.75) is 77.7 Å². The van der Waals surface area contributed by atoms with Crippen molar-refractivity contribution in [3.63, 3.8) is 0 Å². The molecule has 260 valence electrons. The number of rotatable bonds is 17. The molecule has 1 saturated carbocycles. The molecule has 3 amide bonds. The molecule has 13 nitrogen and oxygen atoms in total. The third-order valence-electron chi connectivity index (χ3n) is 7.95. The Hall–Kier alpha value is -3.05. The first-order valence-electron chi connectivity index (χ1n) is 15.9. The van der Waals surface area contributed by atoms with E-state index in [1.807, 2.05) is 0 Å². The number of hydrogen-bond donors (Lipinski definition) is 4. The van der Waals surface area contributed by atoms with E-state index >= 15 is 0 Å². The maximum absolute atomic E-state index is 13.9. The van der Waals surface area contributed by atoms with E-state index in [4.69, 9.17) is 19.5 Å². The standard InChI is InChI=1S/C32H47N3O10P2/c1-5-35(26-17-18-29(27(20-26)30(33)37)43-21-24-11-9-8-10-12-24)31(38)28(34-22(4)36)19-23-13-15-25(16-14-23)32(46(39,40)41)47(42,44-6-2)45-7-3/h13-18,20,24,28,32H,5-12,19,21H2,1-4H3,(H2,33,37)(H,34,36)(H2,39,40,41). The molecule has 0 aliphatic heterocycles. The summed E-state index contributed by atoms with van der Waals surface area (Å²) in [4.78, 5) is 60.1. The van der Waals surface area contributed by atoms with Crippen LogP contribution in [0.15, 0.2) is 42.5 Å². The van der Waals surface area contributed by atoms with Gasteiger partial charge in [0, 0.05) is 25.6 Å². The van der Waals surface area contributed by atoms with Crippen LogP contribution >= 0.6 is 15.2 Å². The number of amides is 3. The average molecular weight is 696 g/mol. The van der Waals surface area contributed by atoms with E-state index < -0.39 is 44.4 Å². The molecule has 1 fully saturated rings. The van der Waals surface area contributed by atoms with Crippen LogP contribution in [-0.4, -0.2) is 59.9 Å². The van der Waals surface area contributed by atoms with E-state index in [9.17, 15) is 33.3 Å². The molecule has 2 atom stereocenters. The molecule has 0 bridgehead atoms. The Labute approximate surface area is 276 Å². The van der Waals surface area contributed by atoms with Crippen LogP contribution in [-0.2, 0) is 34.2 Å². The van der Waals surface area contributed by atoms with Crippen molar-refractivity contribution in [2.75, 3.05) is 31.3 Å². The molecule has 15 heteroatoms. The highest BCUT2D eigenvalue weighted by Crippen LogP contribution is 2.74. The Morgan fingerprint density at radius 2 is 1.60 bits per heavy atom. The summed E-state index contributed by atoms with van der Waals surface area (Å²) in [6.07, 6.45) is 5.69. The molecular formula is C32H47N3O10P2. The zero-order valence-electron chi connectivity index (χ0n) is 27.4.